The van der Waals surface area contributed by atoms with Crippen LogP contribution in [0.5, 0.6) is 0 Å². The fraction of sp³-hybridized carbons (Fsp3) is 0.280. The summed E-state index contributed by atoms with van der Waals surface area (Å²) in [5.41, 5.74) is 5.45. The molecule has 190 valence electrons. The predicted molar refractivity (Wildman–Crippen MR) is 146 cm³/mol. The number of carbonyl (C=O) groups excluding carboxylic acids is 1. The molecule has 1 aromatic heterocycles. The van der Waals surface area contributed by atoms with Gasteiger partial charge in [0.2, 0.25) is 0 Å². The van der Waals surface area contributed by atoms with E-state index in [1.165, 1.54) is 10.4 Å². The Morgan fingerprint density at radius 2 is 1.89 bits per heavy atom. The molecule has 3 aromatic rings. The van der Waals surface area contributed by atoms with Crippen molar-refractivity contribution in [3.8, 4) is 0 Å². The van der Waals surface area contributed by atoms with Gasteiger partial charge in [0.15, 0.2) is 0 Å². The van der Waals surface area contributed by atoms with Crippen LogP contribution in [-0.4, -0.2) is 38.6 Å². The third-order valence-electron chi connectivity index (χ3n) is 6.00. The molecule has 1 aliphatic heterocycles. The third kappa shape index (κ3) is 5.02. The summed E-state index contributed by atoms with van der Waals surface area (Å²) in [6, 6.07) is 7.92. The van der Waals surface area contributed by atoms with Gasteiger partial charge in [-0.3, -0.25) is 4.68 Å². The number of hydrogen-bond acceptors (Lipinski definition) is 4. The molecule has 4 rings (SSSR count). The Morgan fingerprint density at radius 1 is 1.19 bits per heavy atom. The molecule has 0 fully saturated rings. The summed E-state index contributed by atoms with van der Waals surface area (Å²) in [6.45, 7) is 7.85. The van der Waals surface area contributed by atoms with Crippen LogP contribution in [-0.2, 0) is 5.54 Å². The molecule has 0 radical (unpaired) electrons. The van der Waals surface area contributed by atoms with E-state index in [9.17, 15) is 14.4 Å². The molecule has 1 aliphatic rings. The molecule has 0 spiro atoms. The summed E-state index contributed by atoms with van der Waals surface area (Å²) in [4.78, 5) is 12.7. The van der Waals surface area contributed by atoms with Crippen molar-refractivity contribution >= 4 is 66.6 Å². The van der Waals surface area contributed by atoms with E-state index in [1.54, 1.807) is 29.0 Å². The first-order valence-corrected chi connectivity index (χ1v) is 14.9. The number of benzene rings is 2. The van der Waals surface area contributed by atoms with Crippen LogP contribution in [0.2, 0.25) is 10.7 Å². The van der Waals surface area contributed by atoms with Crippen LogP contribution in [0.15, 0.2) is 36.5 Å². The van der Waals surface area contributed by atoms with Crippen molar-refractivity contribution < 1.29 is 14.4 Å². The average molecular weight is 575 g/mol. The molecule has 2 heterocycles. The molecule has 2 aromatic carbocycles. The fourth-order valence-electron chi connectivity index (χ4n) is 4.15. The normalized spacial score (nSPS) is 15.8. The van der Waals surface area contributed by atoms with Crippen molar-refractivity contribution in [1.82, 2.24) is 9.78 Å². The fourth-order valence-corrected chi connectivity index (χ4v) is 5.51. The Hall–Kier alpha value is -2.84. The number of anilines is 3. The number of urea groups is 1. The molecule has 0 saturated carbocycles. The van der Waals surface area contributed by atoms with Gasteiger partial charge in [-0.05, 0) is 27.7 Å². The van der Waals surface area contributed by atoms with Crippen molar-refractivity contribution in [2.75, 3.05) is 22.7 Å². The molecule has 2 amide bonds. The molecule has 0 saturated heterocycles. The number of hydrogen-bond donors (Lipinski definition) is 3. The Kier molecular flexibility index (Phi) is 7.21. The number of amides is 2. The number of nitrogens with one attached hydrogen (secondary N) is 3. The average Bonchev–Trinajstić information content (AvgIpc) is 3.18. The molecule has 0 bridgehead atoms. The van der Waals surface area contributed by atoms with E-state index in [-0.39, 0.29) is 37.2 Å². The molecule has 11 heteroatoms. The monoisotopic (exact) mass is 574 g/mol. The van der Waals surface area contributed by atoms with Crippen LogP contribution in [0.4, 0.5) is 26.2 Å². The Labute approximate surface area is 221 Å². The zero-order valence-electron chi connectivity index (χ0n) is 21.0. The van der Waals surface area contributed by atoms with Gasteiger partial charge in [-0.1, -0.05) is 0 Å². The van der Waals surface area contributed by atoms with Crippen LogP contribution in [0.3, 0.4) is 0 Å². The molecular formula is C25H29AsClFN6O2. The zero-order chi connectivity index (χ0) is 26.4. The minimum atomic E-state index is -0.712. The Bertz CT molecular complexity index is 1370. The van der Waals surface area contributed by atoms with E-state index in [0.717, 1.165) is 23.0 Å². The SMILES string of the molecule is C[AsH]c1ccc2c(c1)N(C)[NH+]([O-])C(c1cc(NC(=O)Nc3cnn(C(C)(C)C)c3C)c(F)cc1Cl)=C2. The second-order valence-electron chi connectivity index (χ2n) is 9.56. The van der Waals surface area contributed by atoms with Crippen LogP contribution in [0.25, 0.3) is 11.8 Å². The molecule has 0 aliphatic carbocycles. The van der Waals surface area contributed by atoms with Crippen LogP contribution < -0.4 is 25.2 Å². The van der Waals surface area contributed by atoms with Crippen molar-refractivity contribution in [2.45, 2.75) is 38.9 Å². The topological polar surface area (TPSA) is 89.7 Å². The summed E-state index contributed by atoms with van der Waals surface area (Å²) in [7, 11) is 1.71. The number of carbonyl (C=O) groups is 1. The maximum atomic E-state index is 14.8. The van der Waals surface area contributed by atoms with Gasteiger partial charge in [0, 0.05) is 0 Å². The second-order valence-corrected chi connectivity index (χ2v) is 12.2. The van der Waals surface area contributed by atoms with Crippen LogP contribution in [0, 0.1) is 17.9 Å². The predicted octanol–water partition coefficient (Wildman–Crippen LogP) is 3.74. The van der Waals surface area contributed by atoms with E-state index in [4.69, 9.17) is 11.6 Å². The van der Waals surface area contributed by atoms with Crippen molar-refractivity contribution in [2.24, 2.45) is 0 Å². The Balaban J connectivity index is 1.63. The van der Waals surface area contributed by atoms with Gasteiger partial charge in [-0.15, -0.1) is 0 Å². The first kappa shape index (κ1) is 26.2. The number of aromatic nitrogens is 2. The molecule has 3 N–H and O–H groups in total. The van der Waals surface area contributed by atoms with Gasteiger partial charge in [-0.25, -0.2) is 0 Å². The van der Waals surface area contributed by atoms with Gasteiger partial charge in [0.1, 0.15) is 0 Å². The summed E-state index contributed by atoms with van der Waals surface area (Å²) in [5, 5.41) is 24.2. The molecular weight excluding hydrogens is 546 g/mol. The van der Waals surface area contributed by atoms with E-state index < -0.39 is 11.8 Å². The zero-order valence-corrected chi connectivity index (χ0v) is 23.8. The van der Waals surface area contributed by atoms with Gasteiger partial charge in [0.25, 0.3) is 0 Å². The molecule has 2 unspecified atom stereocenters. The van der Waals surface area contributed by atoms with E-state index in [2.05, 4.69) is 27.5 Å². The summed E-state index contributed by atoms with van der Waals surface area (Å²) < 4.78 is 17.8. The Morgan fingerprint density at radius 3 is 2.53 bits per heavy atom. The van der Waals surface area contributed by atoms with Gasteiger partial charge in [-0.2, -0.15) is 5.10 Å². The van der Waals surface area contributed by atoms with Crippen molar-refractivity contribution in [3.05, 3.63) is 69.4 Å². The first-order chi connectivity index (χ1) is 16.9. The molecule has 36 heavy (non-hydrogen) atoms. The number of rotatable bonds is 4. The summed E-state index contributed by atoms with van der Waals surface area (Å²) in [6.07, 6.45) is 3.30. The number of hydroxylamine groups is 1. The molecule has 2 atom stereocenters. The standard InChI is InChI=1S/C25H29AsClFN6O2/c1-14-21(13-29-33(14)25(2,3)4)31-24(35)30-20-11-17(18(27)12-19(20)28)23-9-15-7-8-16(26-5)10-22(15)32(6)34(23)36/h7-13,26,34H,1-6H3,(H2,30,31,35). The first-order valence-electron chi connectivity index (χ1n) is 11.3. The van der Waals surface area contributed by atoms with E-state index >= 15 is 0 Å². The van der Waals surface area contributed by atoms with Gasteiger partial charge >= 0.3 is 161 Å². The number of quaternary nitrogens is 1. The third-order valence-corrected chi connectivity index (χ3v) is 8.18. The quantitative estimate of drug-likeness (QED) is 0.327. The summed E-state index contributed by atoms with van der Waals surface area (Å²) in [5.74, 6) is -0.712. The number of fused-ring (bicyclic) bond motifs is 1. The molecule has 8 nitrogen and oxygen atoms in total. The van der Waals surface area contributed by atoms with Gasteiger partial charge < -0.3 is 0 Å². The summed E-state index contributed by atoms with van der Waals surface area (Å²) >= 11 is 6.12. The van der Waals surface area contributed by atoms with Crippen molar-refractivity contribution in [1.29, 1.82) is 0 Å². The maximum absolute atomic E-state index is 14.8. The van der Waals surface area contributed by atoms with Crippen molar-refractivity contribution in [3.63, 3.8) is 0 Å². The van der Waals surface area contributed by atoms with Crippen LogP contribution in [0.1, 0.15) is 37.6 Å². The number of nitrogens with zero attached hydrogens (tertiary/aromatic N) is 3. The second kappa shape index (κ2) is 9.90. The van der Waals surface area contributed by atoms with E-state index in [0.29, 0.717) is 16.9 Å². The van der Waals surface area contributed by atoms with Crippen LogP contribution >= 0.6 is 11.6 Å². The van der Waals surface area contributed by atoms with Gasteiger partial charge in [0.05, 0.1) is 23.1 Å². The number of halogens is 2. The minimum absolute atomic E-state index is 0.0778. The van der Waals surface area contributed by atoms with E-state index in [1.807, 2.05) is 39.8 Å².